The predicted molar refractivity (Wildman–Crippen MR) is 79.4 cm³/mol. The summed E-state index contributed by atoms with van der Waals surface area (Å²) >= 11 is 11.8. The van der Waals surface area contributed by atoms with Gasteiger partial charge in [0.25, 0.3) is 0 Å². The summed E-state index contributed by atoms with van der Waals surface area (Å²) in [4.78, 5) is 0. The van der Waals surface area contributed by atoms with Gasteiger partial charge < -0.3 is 16.2 Å². The van der Waals surface area contributed by atoms with Crippen LogP contribution in [0.5, 0.6) is 0 Å². The summed E-state index contributed by atoms with van der Waals surface area (Å²) in [5.74, 6) is 0.424. The Labute approximate surface area is 118 Å². The fourth-order valence-electron chi connectivity index (χ4n) is 1.95. The van der Waals surface area contributed by atoms with Gasteiger partial charge in [-0.05, 0) is 31.4 Å². The predicted octanol–water partition coefficient (Wildman–Crippen LogP) is 3.78. The Morgan fingerprint density at radius 1 is 1.33 bits per heavy atom. The van der Waals surface area contributed by atoms with Crippen molar-refractivity contribution in [1.82, 2.24) is 0 Å². The van der Waals surface area contributed by atoms with E-state index in [1.165, 1.54) is 0 Å². The third kappa shape index (κ3) is 4.56. The van der Waals surface area contributed by atoms with Crippen LogP contribution in [-0.2, 0) is 0 Å². The minimum absolute atomic E-state index is 0.410. The molecular weight excluding hydrogens is 271 g/mol. The molecule has 4 N–H and O–H groups in total. The van der Waals surface area contributed by atoms with Gasteiger partial charge >= 0.3 is 0 Å². The minimum atomic E-state index is -0.785. The molecule has 1 atom stereocenters. The number of hydrogen-bond acceptors (Lipinski definition) is 3. The first-order chi connectivity index (χ1) is 8.21. The Hall–Kier alpha value is -0.640. The van der Waals surface area contributed by atoms with Crippen molar-refractivity contribution in [3.05, 3.63) is 22.2 Å². The average molecular weight is 291 g/mol. The maximum absolute atomic E-state index is 10.2. The number of rotatable bonds is 5. The van der Waals surface area contributed by atoms with Crippen LogP contribution in [0.3, 0.4) is 0 Å². The van der Waals surface area contributed by atoms with E-state index in [1.807, 2.05) is 0 Å². The molecule has 3 nitrogen and oxygen atoms in total. The summed E-state index contributed by atoms with van der Waals surface area (Å²) in [5.41, 5.74) is 6.26. The normalized spacial score (nSPS) is 14.6. The summed E-state index contributed by atoms with van der Waals surface area (Å²) in [6, 6.07) is 3.27. The molecule has 0 aliphatic rings. The number of nitrogens with two attached hydrogens (primary N) is 1. The Morgan fingerprint density at radius 2 is 1.89 bits per heavy atom. The number of nitrogens with one attached hydrogen (secondary N) is 1. The van der Waals surface area contributed by atoms with E-state index in [2.05, 4.69) is 19.2 Å². The molecule has 1 aromatic rings. The van der Waals surface area contributed by atoms with Gasteiger partial charge in [-0.25, -0.2) is 0 Å². The number of nitrogen functional groups attached to an aromatic ring is 1. The summed E-state index contributed by atoms with van der Waals surface area (Å²) in [5, 5.41) is 14.2. The van der Waals surface area contributed by atoms with Gasteiger partial charge in [-0.15, -0.1) is 0 Å². The molecule has 0 saturated heterocycles. The highest BCUT2D eigenvalue weighted by molar-refractivity contribution is 6.42. The van der Waals surface area contributed by atoms with Crippen LogP contribution in [-0.4, -0.2) is 17.3 Å². The molecule has 0 amide bonds. The van der Waals surface area contributed by atoms with Gasteiger partial charge in [0.15, 0.2) is 0 Å². The zero-order chi connectivity index (χ0) is 13.9. The first kappa shape index (κ1) is 15.4. The molecule has 0 heterocycles. The van der Waals surface area contributed by atoms with E-state index in [0.29, 0.717) is 40.3 Å². The number of anilines is 2. The van der Waals surface area contributed by atoms with E-state index >= 15 is 0 Å². The molecule has 0 aliphatic heterocycles. The van der Waals surface area contributed by atoms with Gasteiger partial charge in [-0.2, -0.15) is 0 Å². The highest BCUT2D eigenvalue weighted by atomic mass is 35.5. The number of benzene rings is 1. The molecule has 0 aromatic heterocycles. The van der Waals surface area contributed by atoms with Crippen LogP contribution in [0.15, 0.2) is 12.1 Å². The standard InChI is InChI=1S/C13H20Cl2N2O/c1-8(2)6-13(3,18)7-17-12-5-10(15)9(14)4-11(12)16/h4-5,8,17-18H,6-7,16H2,1-3H3. The lowest BCUT2D eigenvalue weighted by Crippen LogP contribution is -2.35. The molecular formula is C13H20Cl2N2O. The molecule has 18 heavy (non-hydrogen) atoms. The van der Waals surface area contributed by atoms with Gasteiger partial charge in [0.2, 0.25) is 0 Å². The molecule has 1 aromatic carbocycles. The van der Waals surface area contributed by atoms with Crippen molar-refractivity contribution in [2.75, 3.05) is 17.6 Å². The molecule has 102 valence electrons. The number of aliphatic hydroxyl groups is 1. The summed E-state index contributed by atoms with van der Waals surface area (Å²) in [6.45, 7) is 6.35. The molecule has 1 unspecified atom stereocenters. The van der Waals surface area contributed by atoms with Gasteiger partial charge in [0.05, 0.1) is 27.0 Å². The largest absolute Gasteiger partial charge is 0.397 e. The van der Waals surface area contributed by atoms with Crippen molar-refractivity contribution in [2.45, 2.75) is 32.8 Å². The molecule has 0 spiro atoms. The SMILES string of the molecule is CC(C)CC(C)(O)CNc1cc(Cl)c(Cl)cc1N. The molecule has 1 rings (SSSR count). The minimum Gasteiger partial charge on any atom is -0.397 e. The molecule has 0 fully saturated rings. The van der Waals surface area contributed by atoms with Gasteiger partial charge in [-0.3, -0.25) is 0 Å². The monoisotopic (exact) mass is 290 g/mol. The van der Waals surface area contributed by atoms with E-state index in [-0.39, 0.29) is 0 Å². The Balaban J connectivity index is 2.72. The third-order valence-electron chi connectivity index (χ3n) is 2.60. The quantitative estimate of drug-likeness (QED) is 0.723. The Morgan fingerprint density at radius 3 is 2.44 bits per heavy atom. The average Bonchev–Trinajstić information content (AvgIpc) is 2.19. The fourth-order valence-corrected chi connectivity index (χ4v) is 2.29. The van der Waals surface area contributed by atoms with E-state index in [0.717, 1.165) is 0 Å². The van der Waals surface area contributed by atoms with Crippen molar-refractivity contribution in [1.29, 1.82) is 0 Å². The van der Waals surface area contributed by atoms with Crippen molar-refractivity contribution < 1.29 is 5.11 Å². The molecule has 0 bridgehead atoms. The van der Waals surface area contributed by atoms with E-state index in [4.69, 9.17) is 28.9 Å². The lowest BCUT2D eigenvalue weighted by atomic mass is 9.94. The van der Waals surface area contributed by atoms with Crippen molar-refractivity contribution in [3.63, 3.8) is 0 Å². The van der Waals surface area contributed by atoms with Gasteiger partial charge in [0, 0.05) is 6.54 Å². The van der Waals surface area contributed by atoms with E-state index in [1.54, 1.807) is 19.1 Å². The third-order valence-corrected chi connectivity index (χ3v) is 3.32. The van der Waals surface area contributed by atoms with Crippen LogP contribution in [0.1, 0.15) is 27.2 Å². The summed E-state index contributed by atoms with van der Waals surface area (Å²) in [7, 11) is 0. The Bertz CT molecular complexity index is 420. The summed E-state index contributed by atoms with van der Waals surface area (Å²) in [6.07, 6.45) is 0.710. The maximum atomic E-state index is 10.2. The second kappa shape index (κ2) is 6.00. The highest BCUT2D eigenvalue weighted by Gasteiger charge is 2.21. The van der Waals surface area contributed by atoms with Gasteiger partial charge in [0.1, 0.15) is 0 Å². The van der Waals surface area contributed by atoms with Crippen LogP contribution in [0.4, 0.5) is 11.4 Å². The zero-order valence-corrected chi connectivity index (χ0v) is 12.4. The Kier molecular flexibility index (Phi) is 5.14. The van der Waals surface area contributed by atoms with E-state index in [9.17, 15) is 5.11 Å². The van der Waals surface area contributed by atoms with Crippen LogP contribution >= 0.6 is 23.2 Å². The lowest BCUT2D eigenvalue weighted by molar-refractivity contribution is 0.0516. The van der Waals surface area contributed by atoms with Crippen LogP contribution < -0.4 is 11.1 Å². The smallest absolute Gasteiger partial charge is 0.0793 e. The highest BCUT2D eigenvalue weighted by Crippen LogP contribution is 2.31. The van der Waals surface area contributed by atoms with Crippen molar-refractivity contribution in [2.24, 2.45) is 5.92 Å². The fraction of sp³-hybridized carbons (Fsp3) is 0.538. The summed E-state index contributed by atoms with van der Waals surface area (Å²) < 4.78 is 0. The first-order valence-corrected chi connectivity index (χ1v) is 6.67. The second-order valence-corrected chi connectivity index (χ2v) is 6.12. The molecule has 0 saturated carbocycles. The molecule has 5 heteroatoms. The van der Waals surface area contributed by atoms with Crippen molar-refractivity contribution >= 4 is 34.6 Å². The zero-order valence-electron chi connectivity index (χ0n) is 10.9. The molecule has 0 aliphatic carbocycles. The van der Waals surface area contributed by atoms with Crippen LogP contribution in [0.25, 0.3) is 0 Å². The first-order valence-electron chi connectivity index (χ1n) is 5.92. The van der Waals surface area contributed by atoms with Crippen molar-refractivity contribution in [3.8, 4) is 0 Å². The number of hydrogen-bond donors (Lipinski definition) is 3. The van der Waals surface area contributed by atoms with Gasteiger partial charge in [-0.1, -0.05) is 37.0 Å². The molecule has 0 radical (unpaired) electrons. The topological polar surface area (TPSA) is 58.3 Å². The van der Waals surface area contributed by atoms with Crippen LogP contribution in [0.2, 0.25) is 10.0 Å². The lowest BCUT2D eigenvalue weighted by Gasteiger charge is -2.26. The van der Waals surface area contributed by atoms with Crippen LogP contribution in [0, 0.1) is 5.92 Å². The second-order valence-electron chi connectivity index (χ2n) is 5.30. The van der Waals surface area contributed by atoms with E-state index < -0.39 is 5.60 Å². The number of halogens is 2. The maximum Gasteiger partial charge on any atom is 0.0793 e.